The maximum atomic E-state index is 14.7. The smallest absolute Gasteiger partial charge is 0.274 e. The molecular weight excluding hydrogens is 397 g/mol. The van der Waals surface area contributed by atoms with Crippen molar-refractivity contribution < 1.29 is 9.18 Å². The number of benzene rings is 1. The lowest BCUT2D eigenvalue weighted by atomic mass is 10.0. The Morgan fingerprint density at radius 3 is 2.87 bits per heavy atom. The molecule has 1 unspecified atom stereocenters. The van der Waals surface area contributed by atoms with Gasteiger partial charge >= 0.3 is 0 Å². The second-order valence-corrected chi connectivity index (χ2v) is 8.14. The summed E-state index contributed by atoms with van der Waals surface area (Å²) in [4.78, 5) is 21.2. The topological polar surface area (TPSA) is 111 Å². The summed E-state index contributed by atoms with van der Waals surface area (Å²) in [6, 6.07) is 5.29. The molecule has 0 bridgehead atoms. The van der Waals surface area contributed by atoms with Crippen molar-refractivity contribution >= 4 is 11.7 Å². The number of anilines is 1. The lowest BCUT2D eigenvalue weighted by Crippen LogP contribution is -2.46. The Bertz CT molecular complexity index is 1120. The van der Waals surface area contributed by atoms with Crippen molar-refractivity contribution in [1.29, 1.82) is 0 Å². The summed E-state index contributed by atoms with van der Waals surface area (Å²) in [7, 11) is 0. The van der Waals surface area contributed by atoms with E-state index in [9.17, 15) is 9.18 Å². The van der Waals surface area contributed by atoms with Crippen LogP contribution in [0.4, 0.5) is 10.2 Å². The van der Waals surface area contributed by atoms with Gasteiger partial charge in [0.05, 0.1) is 24.1 Å². The fraction of sp³-hybridized carbons (Fsp3) is 0.364. The molecule has 2 fully saturated rings. The number of nitrogen functional groups attached to an aromatic ring is 1. The molecule has 1 aromatic carbocycles. The number of amides is 1. The fourth-order valence-electron chi connectivity index (χ4n) is 3.85. The number of halogens is 1. The van der Waals surface area contributed by atoms with Gasteiger partial charge in [0.2, 0.25) is 0 Å². The van der Waals surface area contributed by atoms with Crippen LogP contribution in [0.1, 0.15) is 42.2 Å². The predicted molar refractivity (Wildman–Crippen MR) is 115 cm³/mol. The summed E-state index contributed by atoms with van der Waals surface area (Å²) in [5, 5.41) is 10.6. The second kappa shape index (κ2) is 8.07. The first-order valence-corrected chi connectivity index (χ1v) is 10.6. The largest absolute Gasteiger partial charge is 0.382 e. The van der Waals surface area contributed by atoms with Crippen LogP contribution in [0.15, 0.2) is 36.8 Å². The van der Waals surface area contributed by atoms with E-state index in [4.69, 9.17) is 5.73 Å². The number of carbonyl (C=O) groups is 1. The standard InChI is InChI=1S/C22H24FN7O/c23-18-6-3-13(14-9-27-30(12-14)16-4-5-16)8-17(18)19-11-26-21(24)20(29-19)22(31)28-15-2-1-7-25-10-15/h3,6,8-9,11-12,15-16,25H,1-2,4-5,7,10H2,(H2,24,26)(H,28,31). The van der Waals surface area contributed by atoms with Crippen LogP contribution in [0.5, 0.6) is 0 Å². The maximum Gasteiger partial charge on any atom is 0.274 e. The van der Waals surface area contributed by atoms with Crippen LogP contribution in [0.3, 0.4) is 0 Å². The number of hydrogen-bond acceptors (Lipinski definition) is 6. The average molecular weight is 421 g/mol. The summed E-state index contributed by atoms with van der Waals surface area (Å²) >= 11 is 0. The van der Waals surface area contributed by atoms with E-state index >= 15 is 0 Å². The van der Waals surface area contributed by atoms with E-state index in [0.29, 0.717) is 12.6 Å². The summed E-state index contributed by atoms with van der Waals surface area (Å²) in [5.74, 6) is -0.824. The van der Waals surface area contributed by atoms with Gasteiger partial charge < -0.3 is 16.4 Å². The second-order valence-electron chi connectivity index (χ2n) is 8.14. The molecule has 4 N–H and O–H groups in total. The van der Waals surface area contributed by atoms with Crippen LogP contribution in [0.25, 0.3) is 22.4 Å². The molecular formula is C22H24FN7O. The van der Waals surface area contributed by atoms with Crippen molar-refractivity contribution in [3.05, 3.63) is 48.3 Å². The lowest BCUT2D eigenvalue weighted by molar-refractivity contribution is 0.0926. The number of nitrogens with zero attached hydrogens (tertiary/aromatic N) is 4. The predicted octanol–water partition coefficient (Wildman–Crippen LogP) is 2.55. The van der Waals surface area contributed by atoms with Crippen molar-refractivity contribution in [3.8, 4) is 22.4 Å². The number of piperidine rings is 1. The SMILES string of the molecule is Nc1ncc(-c2cc(-c3cnn(C4CC4)c3)ccc2F)nc1C(=O)NC1CCCNC1. The van der Waals surface area contributed by atoms with Crippen LogP contribution in [0.2, 0.25) is 0 Å². The number of rotatable bonds is 5. The van der Waals surface area contributed by atoms with Crippen molar-refractivity contribution in [2.75, 3.05) is 18.8 Å². The lowest BCUT2D eigenvalue weighted by Gasteiger charge is -2.23. The quantitative estimate of drug-likeness (QED) is 0.584. The highest BCUT2D eigenvalue weighted by Gasteiger charge is 2.25. The number of nitrogens with two attached hydrogens (primary N) is 1. The number of aromatic nitrogens is 4. The van der Waals surface area contributed by atoms with Crippen LogP contribution in [-0.2, 0) is 0 Å². The van der Waals surface area contributed by atoms with Crippen molar-refractivity contribution in [2.24, 2.45) is 0 Å². The molecule has 3 aromatic rings. The summed E-state index contributed by atoms with van der Waals surface area (Å²) in [6.07, 6.45) is 9.29. The average Bonchev–Trinajstić information content (AvgIpc) is 3.52. The molecule has 1 saturated heterocycles. The normalized spacial score (nSPS) is 18.7. The highest BCUT2D eigenvalue weighted by Crippen LogP contribution is 2.35. The minimum atomic E-state index is -0.444. The Morgan fingerprint density at radius 1 is 1.23 bits per heavy atom. The molecule has 2 aliphatic rings. The molecule has 8 nitrogen and oxygen atoms in total. The van der Waals surface area contributed by atoms with Gasteiger partial charge in [0.25, 0.3) is 5.91 Å². The maximum absolute atomic E-state index is 14.7. The Morgan fingerprint density at radius 2 is 2.10 bits per heavy atom. The first kappa shape index (κ1) is 19.6. The van der Waals surface area contributed by atoms with Crippen molar-refractivity contribution in [2.45, 2.75) is 37.8 Å². The first-order chi connectivity index (χ1) is 15.1. The van der Waals surface area contributed by atoms with Crippen LogP contribution >= 0.6 is 0 Å². The molecule has 1 amide bonds. The molecule has 2 aromatic heterocycles. The molecule has 3 heterocycles. The zero-order valence-corrected chi connectivity index (χ0v) is 17.0. The molecule has 0 radical (unpaired) electrons. The van der Waals surface area contributed by atoms with Gasteiger partial charge in [0.15, 0.2) is 11.5 Å². The van der Waals surface area contributed by atoms with Gasteiger partial charge in [-0.05, 0) is 49.9 Å². The van der Waals surface area contributed by atoms with Gasteiger partial charge in [-0.3, -0.25) is 9.48 Å². The molecule has 5 rings (SSSR count). The highest BCUT2D eigenvalue weighted by atomic mass is 19.1. The summed E-state index contributed by atoms with van der Waals surface area (Å²) in [6.45, 7) is 1.64. The highest BCUT2D eigenvalue weighted by molar-refractivity contribution is 5.97. The van der Waals surface area contributed by atoms with Crippen LogP contribution in [-0.4, -0.2) is 44.8 Å². The van der Waals surface area contributed by atoms with Gasteiger partial charge in [-0.1, -0.05) is 6.07 Å². The van der Waals surface area contributed by atoms with Crippen molar-refractivity contribution in [3.63, 3.8) is 0 Å². The zero-order chi connectivity index (χ0) is 21.4. The Hall–Kier alpha value is -3.33. The minimum absolute atomic E-state index is 0.00849. The Balaban J connectivity index is 1.43. The van der Waals surface area contributed by atoms with E-state index in [1.54, 1.807) is 18.3 Å². The third-order valence-corrected chi connectivity index (χ3v) is 5.75. The summed E-state index contributed by atoms with van der Waals surface area (Å²) in [5.41, 5.74) is 8.17. The summed E-state index contributed by atoms with van der Waals surface area (Å²) < 4.78 is 16.6. The Kier molecular flexibility index (Phi) is 5.11. The minimum Gasteiger partial charge on any atom is -0.382 e. The van der Waals surface area contributed by atoms with E-state index in [1.165, 1.54) is 12.3 Å². The van der Waals surface area contributed by atoms with E-state index in [0.717, 1.165) is 43.4 Å². The van der Waals surface area contributed by atoms with Gasteiger partial charge in [-0.25, -0.2) is 14.4 Å². The van der Waals surface area contributed by atoms with Crippen molar-refractivity contribution in [1.82, 2.24) is 30.4 Å². The molecule has 31 heavy (non-hydrogen) atoms. The van der Waals surface area contributed by atoms with Gasteiger partial charge in [-0.2, -0.15) is 5.10 Å². The third-order valence-electron chi connectivity index (χ3n) is 5.75. The first-order valence-electron chi connectivity index (χ1n) is 10.6. The fourth-order valence-corrected chi connectivity index (χ4v) is 3.85. The molecule has 1 atom stereocenters. The van der Waals surface area contributed by atoms with E-state index < -0.39 is 11.7 Å². The van der Waals surface area contributed by atoms with Crippen LogP contribution < -0.4 is 16.4 Å². The number of hydrogen-bond donors (Lipinski definition) is 3. The van der Waals surface area contributed by atoms with Gasteiger partial charge in [0, 0.05) is 29.9 Å². The monoisotopic (exact) mass is 421 g/mol. The molecule has 1 aliphatic carbocycles. The van der Waals surface area contributed by atoms with E-state index in [1.807, 2.05) is 10.9 Å². The molecule has 1 saturated carbocycles. The number of carbonyl (C=O) groups excluding carboxylic acids is 1. The van der Waals surface area contributed by atoms with E-state index in [-0.39, 0.29) is 28.8 Å². The zero-order valence-electron chi connectivity index (χ0n) is 17.0. The van der Waals surface area contributed by atoms with Crippen LogP contribution in [0, 0.1) is 5.82 Å². The molecule has 1 aliphatic heterocycles. The van der Waals surface area contributed by atoms with E-state index in [2.05, 4.69) is 25.7 Å². The molecule has 9 heteroatoms. The Labute approximate surface area is 179 Å². The van der Waals surface area contributed by atoms with Gasteiger partial charge in [0.1, 0.15) is 5.82 Å². The molecule has 0 spiro atoms. The molecule has 160 valence electrons. The number of nitrogens with one attached hydrogen (secondary N) is 2. The van der Waals surface area contributed by atoms with Gasteiger partial charge in [-0.15, -0.1) is 0 Å². The third kappa shape index (κ3) is 4.13.